The third-order valence-electron chi connectivity index (χ3n) is 4.18. The first kappa shape index (κ1) is 25.5. The van der Waals surface area contributed by atoms with Gasteiger partial charge in [-0.15, -0.1) is 0 Å². The molecule has 0 aliphatic heterocycles. The van der Waals surface area contributed by atoms with E-state index in [1.54, 1.807) is 12.1 Å². The fourth-order valence-electron chi connectivity index (χ4n) is 2.53. The molecule has 0 bridgehead atoms. The van der Waals surface area contributed by atoms with Crippen molar-refractivity contribution in [2.45, 2.75) is 39.5 Å². The molecule has 0 unspecified atom stereocenters. The van der Waals surface area contributed by atoms with Gasteiger partial charge in [-0.3, -0.25) is 0 Å². The number of carbonyl (C=O) groups excluding carboxylic acids is 1. The van der Waals surface area contributed by atoms with Crippen LogP contribution in [0.25, 0.3) is 0 Å². The SMILES string of the molecule is CCCCS(=O)(=O)Oc1ccc(NC(=O)Nc2ccccc2OS(=O)(=O)CCCC)cc1. The normalized spacial score (nSPS) is 11.6. The molecule has 32 heavy (non-hydrogen) atoms. The Labute approximate surface area is 189 Å². The summed E-state index contributed by atoms with van der Waals surface area (Å²) >= 11 is 0. The van der Waals surface area contributed by atoms with Gasteiger partial charge in [-0.2, -0.15) is 16.8 Å². The van der Waals surface area contributed by atoms with Crippen LogP contribution in [0.3, 0.4) is 0 Å². The van der Waals surface area contributed by atoms with Gasteiger partial charge in [0.25, 0.3) is 0 Å². The molecule has 0 saturated carbocycles. The first-order chi connectivity index (χ1) is 15.1. The first-order valence-corrected chi connectivity index (χ1v) is 13.4. The Morgan fingerprint density at radius 3 is 1.94 bits per heavy atom. The lowest BCUT2D eigenvalue weighted by atomic mass is 10.3. The molecule has 0 fully saturated rings. The minimum atomic E-state index is -3.77. The molecule has 9 nitrogen and oxygen atoms in total. The highest BCUT2D eigenvalue weighted by Crippen LogP contribution is 2.26. The van der Waals surface area contributed by atoms with E-state index in [2.05, 4.69) is 10.6 Å². The maximum Gasteiger partial charge on any atom is 0.323 e. The van der Waals surface area contributed by atoms with Crippen molar-refractivity contribution < 1.29 is 30.0 Å². The van der Waals surface area contributed by atoms with E-state index in [0.717, 1.165) is 6.42 Å². The van der Waals surface area contributed by atoms with Crippen LogP contribution in [0.4, 0.5) is 16.2 Å². The lowest BCUT2D eigenvalue weighted by molar-refractivity contribution is 0.262. The number of urea groups is 1. The van der Waals surface area contributed by atoms with Gasteiger partial charge in [-0.05, 0) is 49.2 Å². The van der Waals surface area contributed by atoms with E-state index in [1.807, 2.05) is 13.8 Å². The van der Waals surface area contributed by atoms with Crippen molar-refractivity contribution in [2.24, 2.45) is 0 Å². The molecular weight excluding hydrogens is 456 g/mol. The van der Waals surface area contributed by atoms with Crippen molar-refractivity contribution in [3.8, 4) is 11.5 Å². The number of hydrogen-bond donors (Lipinski definition) is 2. The zero-order chi connectivity index (χ0) is 23.6. The minimum absolute atomic E-state index is 0.0137. The maximum atomic E-state index is 12.3. The van der Waals surface area contributed by atoms with Crippen LogP contribution in [0.2, 0.25) is 0 Å². The Bertz CT molecular complexity index is 1100. The van der Waals surface area contributed by atoms with Crippen LogP contribution in [0.15, 0.2) is 48.5 Å². The molecule has 0 aliphatic rings. The van der Waals surface area contributed by atoms with E-state index < -0.39 is 26.3 Å². The molecule has 0 aromatic heterocycles. The molecule has 2 N–H and O–H groups in total. The average molecular weight is 485 g/mol. The molecule has 0 atom stereocenters. The summed E-state index contributed by atoms with van der Waals surface area (Å²) in [7, 11) is -7.44. The van der Waals surface area contributed by atoms with Crippen LogP contribution in [0.5, 0.6) is 11.5 Å². The zero-order valence-corrected chi connectivity index (χ0v) is 19.7. The second-order valence-corrected chi connectivity index (χ2v) is 10.4. The van der Waals surface area contributed by atoms with Crippen LogP contribution in [-0.2, 0) is 20.2 Å². The number of rotatable bonds is 12. The van der Waals surface area contributed by atoms with Crippen LogP contribution < -0.4 is 19.0 Å². The van der Waals surface area contributed by atoms with E-state index in [1.165, 1.54) is 36.4 Å². The summed E-state index contributed by atoms with van der Waals surface area (Å²) in [5.41, 5.74) is 0.571. The highest BCUT2D eigenvalue weighted by molar-refractivity contribution is 7.87. The molecular formula is C21H28N2O7S2. The van der Waals surface area contributed by atoms with Crippen molar-refractivity contribution in [3.63, 3.8) is 0 Å². The van der Waals surface area contributed by atoms with E-state index in [-0.39, 0.29) is 28.7 Å². The Balaban J connectivity index is 2.00. The Hall–Kier alpha value is -2.79. The molecule has 0 spiro atoms. The summed E-state index contributed by atoms with van der Waals surface area (Å²) in [5.74, 6) is -0.0309. The predicted octanol–water partition coefficient (Wildman–Crippen LogP) is 4.35. The van der Waals surface area contributed by atoms with Gasteiger partial charge in [0.15, 0.2) is 5.75 Å². The molecule has 176 valence electrons. The summed E-state index contributed by atoms with van der Waals surface area (Å²) in [4.78, 5) is 12.3. The van der Waals surface area contributed by atoms with E-state index in [9.17, 15) is 21.6 Å². The second kappa shape index (κ2) is 11.7. The highest BCUT2D eigenvalue weighted by Gasteiger charge is 2.16. The number of amides is 2. The molecule has 0 aliphatic carbocycles. The summed E-state index contributed by atoms with van der Waals surface area (Å²) < 4.78 is 58.0. The van der Waals surface area contributed by atoms with E-state index in [4.69, 9.17) is 8.37 Å². The van der Waals surface area contributed by atoms with Crippen molar-refractivity contribution >= 4 is 37.6 Å². The number of unbranched alkanes of at least 4 members (excludes halogenated alkanes) is 2. The Morgan fingerprint density at radius 1 is 0.781 bits per heavy atom. The van der Waals surface area contributed by atoms with Gasteiger partial charge in [0.05, 0.1) is 17.2 Å². The number of nitrogens with one attached hydrogen (secondary N) is 2. The molecule has 2 rings (SSSR count). The smallest absolute Gasteiger partial charge is 0.323 e. The lowest BCUT2D eigenvalue weighted by Crippen LogP contribution is -2.21. The number of hydrogen-bond acceptors (Lipinski definition) is 7. The van der Waals surface area contributed by atoms with Gasteiger partial charge in [-0.25, -0.2) is 4.79 Å². The summed E-state index contributed by atoms with van der Waals surface area (Å²) in [5, 5.41) is 5.13. The molecule has 0 heterocycles. The van der Waals surface area contributed by atoms with Gasteiger partial charge in [0.2, 0.25) is 0 Å². The van der Waals surface area contributed by atoms with Gasteiger partial charge in [0, 0.05) is 5.69 Å². The van der Waals surface area contributed by atoms with E-state index >= 15 is 0 Å². The Kier molecular flexibility index (Phi) is 9.33. The zero-order valence-electron chi connectivity index (χ0n) is 18.0. The standard InChI is InChI=1S/C21H28N2O7S2/c1-3-5-15-31(25,26)29-18-13-11-17(12-14-18)22-21(24)23-19-9-7-8-10-20(19)30-32(27,28)16-6-4-2/h7-14H,3-6,15-16H2,1-2H3,(H2,22,23,24). The van der Waals surface area contributed by atoms with Gasteiger partial charge in [-0.1, -0.05) is 38.8 Å². The lowest BCUT2D eigenvalue weighted by Gasteiger charge is -2.13. The van der Waals surface area contributed by atoms with Gasteiger partial charge >= 0.3 is 26.3 Å². The Morgan fingerprint density at radius 2 is 1.34 bits per heavy atom. The molecule has 2 aromatic rings. The number of carbonyl (C=O) groups is 1. The van der Waals surface area contributed by atoms with Crippen LogP contribution in [0, 0.1) is 0 Å². The van der Waals surface area contributed by atoms with Gasteiger partial charge < -0.3 is 19.0 Å². The maximum absolute atomic E-state index is 12.3. The number of para-hydroxylation sites is 2. The van der Waals surface area contributed by atoms with Crippen molar-refractivity contribution in [1.29, 1.82) is 0 Å². The molecule has 2 aromatic carbocycles. The van der Waals surface area contributed by atoms with Crippen LogP contribution >= 0.6 is 0 Å². The van der Waals surface area contributed by atoms with Crippen molar-refractivity contribution in [1.82, 2.24) is 0 Å². The molecule has 0 radical (unpaired) electrons. The first-order valence-electron chi connectivity index (χ1n) is 10.3. The summed E-state index contributed by atoms with van der Waals surface area (Å²) in [6.45, 7) is 3.76. The third kappa shape index (κ3) is 8.75. The van der Waals surface area contributed by atoms with Crippen LogP contribution in [-0.4, -0.2) is 34.4 Å². The van der Waals surface area contributed by atoms with Crippen molar-refractivity contribution in [2.75, 3.05) is 22.1 Å². The summed E-state index contributed by atoms with van der Waals surface area (Å²) in [6.07, 6.45) is 2.42. The quantitative estimate of drug-likeness (QED) is 0.429. The fourth-order valence-corrected chi connectivity index (χ4v) is 4.80. The number of benzene rings is 2. The second-order valence-electron chi connectivity index (χ2n) is 7.00. The fraction of sp³-hybridized carbons (Fsp3) is 0.381. The number of anilines is 2. The van der Waals surface area contributed by atoms with Crippen LogP contribution in [0.1, 0.15) is 39.5 Å². The molecule has 0 saturated heterocycles. The minimum Gasteiger partial charge on any atom is -0.382 e. The largest absolute Gasteiger partial charge is 0.382 e. The van der Waals surface area contributed by atoms with Crippen molar-refractivity contribution in [3.05, 3.63) is 48.5 Å². The predicted molar refractivity (Wildman–Crippen MR) is 124 cm³/mol. The average Bonchev–Trinajstić information content (AvgIpc) is 2.73. The third-order valence-corrected chi connectivity index (χ3v) is 6.64. The van der Waals surface area contributed by atoms with Gasteiger partial charge in [0.1, 0.15) is 5.75 Å². The molecule has 2 amide bonds. The monoisotopic (exact) mass is 484 g/mol. The summed E-state index contributed by atoms with van der Waals surface area (Å²) in [6, 6.07) is 11.4. The molecule has 11 heteroatoms. The van der Waals surface area contributed by atoms with E-state index in [0.29, 0.717) is 24.9 Å². The topological polar surface area (TPSA) is 128 Å². The highest BCUT2D eigenvalue weighted by atomic mass is 32.2.